The summed E-state index contributed by atoms with van der Waals surface area (Å²) in [6.45, 7) is 7.92. The van der Waals surface area contributed by atoms with Gasteiger partial charge in [-0.25, -0.2) is 0 Å². The summed E-state index contributed by atoms with van der Waals surface area (Å²) in [5.41, 5.74) is 2.86. The van der Waals surface area contributed by atoms with E-state index < -0.39 is 0 Å². The second-order valence-electron chi connectivity index (χ2n) is 5.01. The van der Waals surface area contributed by atoms with E-state index >= 15 is 0 Å². The fourth-order valence-electron chi connectivity index (χ4n) is 2.64. The lowest BCUT2D eigenvalue weighted by Gasteiger charge is -2.22. The molecule has 0 amide bonds. The van der Waals surface area contributed by atoms with Gasteiger partial charge in [0, 0.05) is 29.3 Å². The Morgan fingerprint density at radius 3 is 2.94 bits per heavy atom. The van der Waals surface area contributed by atoms with Crippen molar-refractivity contribution in [2.24, 2.45) is 0 Å². The average Bonchev–Trinajstić information content (AvgIpc) is 2.84. The molecule has 0 radical (unpaired) electrons. The molecule has 100 valence electrons. The number of nitrogens with one attached hydrogen (secondary N) is 1. The van der Waals surface area contributed by atoms with Crippen LogP contribution < -0.4 is 10.2 Å². The van der Waals surface area contributed by atoms with E-state index in [1.54, 1.807) is 0 Å². The fourth-order valence-corrected chi connectivity index (χ4v) is 3.05. The summed E-state index contributed by atoms with van der Waals surface area (Å²) < 4.78 is 1.18. The Bertz CT molecular complexity index is 392. The van der Waals surface area contributed by atoms with Gasteiger partial charge in [-0.05, 0) is 49.6 Å². The highest BCUT2D eigenvalue weighted by Crippen LogP contribution is 2.28. The van der Waals surface area contributed by atoms with E-state index in [1.165, 1.54) is 35.1 Å². The molecule has 0 aliphatic carbocycles. The molecule has 1 aliphatic heterocycles. The van der Waals surface area contributed by atoms with Crippen LogP contribution in [0.25, 0.3) is 0 Å². The SMILES string of the molecule is CCCNC1CCN(c2ccc(Br)cc2CC)C1. The zero-order valence-electron chi connectivity index (χ0n) is 11.4. The van der Waals surface area contributed by atoms with Crippen LogP contribution in [0.3, 0.4) is 0 Å². The largest absolute Gasteiger partial charge is 0.370 e. The lowest BCUT2D eigenvalue weighted by molar-refractivity contribution is 0.549. The first-order valence-electron chi connectivity index (χ1n) is 7.01. The second-order valence-corrected chi connectivity index (χ2v) is 5.93. The lowest BCUT2D eigenvalue weighted by atomic mass is 10.1. The number of aryl methyl sites for hydroxylation is 1. The molecular formula is C15H23BrN2. The molecule has 1 aliphatic rings. The van der Waals surface area contributed by atoms with Crippen LogP contribution in [0.2, 0.25) is 0 Å². The van der Waals surface area contributed by atoms with Crippen molar-refractivity contribution < 1.29 is 0 Å². The van der Waals surface area contributed by atoms with Crippen molar-refractivity contribution in [2.45, 2.75) is 39.2 Å². The van der Waals surface area contributed by atoms with Crippen LogP contribution in [0.1, 0.15) is 32.3 Å². The number of hydrogen-bond acceptors (Lipinski definition) is 2. The van der Waals surface area contributed by atoms with Gasteiger partial charge in [0.05, 0.1) is 0 Å². The van der Waals surface area contributed by atoms with Gasteiger partial charge < -0.3 is 10.2 Å². The quantitative estimate of drug-likeness (QED) is 0.894. The summed E-state index contributed by atoms with van der Waals surface area (Å²) in [6, 6.07) is 7.33. The summed E-state index contributed by atoms with van der Waals surface area (Å²) in [5.74, 6) is 0. The minimum atomic E-state index is 0.665. The number of nitrogens with zero attached hydrogens (tertiary/aromatic N) is 1. The summed E-state index contributed by atoms with van der Waals surface area (Å²) in [5, 5.41) is 3.63. The molecule has 0 bridgehead atoms. The van der Waals surface area contributed by atoms with Crippen molar-refractivity contribution in [1.82, 2.24) is 5.32 Å². The van der Waals surface area contributed by atoms with Crippen molar-refractivity contribution in [3.63, 3.8) is 0 Å². The van der Waals surface area contributed by atoms with Gasteiger partial charge in [-0.15, -0.1) is 0 Å². The molecule has 1 fully saturated rings. The third-order valence-corrected chi connectivity index (χ3v) is 4.13. The maximum Gasteiger partial charge on any atom is 0.0399 e. The number of rotatable bonds is 5. The van der Waals surface area contributed by atoms with E-state index in [0.717, 1.165) is 19.5 Å². The van der Waals surface area contributed by atoms with Gasteiger partial charge in [-0.3, -0.25) is 0 Å². The van der Waals surface area contributed by atoms with Crippen LogP contribution in [0.4, 0.5) is 5.69 Å². The van der Waals surface area contributed by atoms with E-state index in [9.17, 15) is 0 Å². The van der Waals surface area contributed by atoms with Crippen LogP contribution in [0.15, 0.2) is 22.7 Å². The van der Waals surface area contributed by atoms with Crippen molar-refractivity contribution in [1.29, 1.82) is 0 Å². The molecule has 0 saturated carbocycles. The molecule has 0 aromatic heterocycles. The van der Waals surface area contributed by atoms with Gasteiger partial charge in [0.2, 0.25) is 0 Å². The Morgan fingerprint density at radius 2 is 2.22 bits per heavy atom. The minimum absolute atomic E-state index is 0.665. The topological polar surface area (TPSA) is 15.3 Å². The molecule has 1 unspecified atom stereocenters. The van der Waals surface area contributed by atoms with Crippen LogP contribution in [-0.2, 0) is 6.42 Å². The second kappa shape index (κ2) is 6.58. The van der Waals surface area contributed by atoms with Crippen LogP contribution in [0.5, 0.6) is 0 Å². The third kappa shape index (κ3) is 3.27. The zero-order valence-corrected chi connectivity index (χ0v) is 13.0. The maximum atomic E-state index is 3.63. The molecule has 1 N–H and O–H groups in total. The molecule has 1 aromatic carbocycles. The number of benzene rings is 1. The van der Waals surface area contributed by atoms with Gasteiger partial charge in [-0.1, -0.05) is 29.8 Å². The Morgan fingerprint density at radius 1 is 1.39 bits per heavy atom. The molecule has 1 saturated heterocycles. The van der Waals surface area contributed by atoms with Gasteiger partial charge in [0.25, 0.3) is 0 Å². The van der Waals surface area contributed by atoms with Crippen LogP contribution >= 0.6 is 15.9 Å². The first-order valence-corrected chi connectivity index (χ1v) is 7.80. The molecule has 0 spiro atoms. The van der Waals surface area contributed by atoms with Crippen LogP contribution in [-0.4, -0.2) is 25.7 Å². The number of anilines is 1. The molecule has 1 aromatic rings. The summed E-state index contributed by atoms with van der Waals surface area (Å²) in [6.07, 6.45) is 3.58. The van der Waals surface area contributed by atoms with Gasteiger partial charge in [0.1, 0.15) is 0 Å². The molecule has 2 nitrogen and oxygen atoms in total. The molecule has 1 atom stereocenters. The summed E-state index contributed by atoms with van der Waals surface area (Å²) >= 11 is 3.56. The highest BCUT2D eigenvalue weighted by atomic mass is 79.9. The van der Waals surface area contributed by atoms with E-state index in [1.807, 2.05) is 0 Å². The van der Waals surface area contributed by atoms with Gasteiger partial charge in [0.15, 0.2) is 0 Å². The van der Waals surface area contributed by atoms with Gasteiger partial charge >= 0.3 is 0 Å². The molecule has 1 heterocycles. The standard InChI is InChI=1S/C15H23BrN2/c1-3-8-17-14-7-9-18(11-14)15-6-5-13(16)10-12(15)4-2/h5-6,10,14,17H,3-4,7-9,11H2,1-2H3. The van der Waals surface area contributed by atoms with Crippen molar-refractivity contribution >= 4 is 21.6 Å². The Kier molecular flexibility index (Phi) is 5.07. The summed E-state index contributed by atoms with van der Waals surface area (Å²) in [7, 11) is 0. The van der Waals surface area contributed by atoms with E-state index in [0.29, 0.717) is 6.04 Å². The Balaban J connectivity index is 2.04. The average molecular weight is 311 g/mol. The van der Waals surface area contributed by atoms with Crippen molar-refractivity contribution in [2.75, 3.05) is 24.5 Å². The van der Waals surface area contributed by atoms with Crippen LogP contribution in [0, 0.1) is 0 Å². The predicted molar refractivity (Wildman–Crippen MR) is 82.4 cm³/mol. The monoisotopic (exact) mass is 310 g/mol. The zero-order chi connectivity index (χ0) is 13.0. The van der Waals surface area contributed by atoms with Crippen molar-refractivity contribution in [3.05, 3.63) is 28.2 Å². The predicted octanol–water partition coefficient (Wildman–Crippen LogP) is 3.59. The van der Waals surface area contributed by atoms with E-state index in [2.05, 4.69) is 58.2 Å². The lowest BCUT2D eigenvalue weighted by Crippen LogP contribution is -2.33. The van der Waals surface area contributed by atoms with E-state index in [4.69, 9.17) is 0 Å². The first-order chi connectivity index (χ1) is 8.74. The molecule has 18 heavy (non-hydrogen) atoms. The Hall–Kier alpha value is -0.540. The maximum absolute atomic E-state index is 3.63. The molecule has 2 rings (SSSR count). The summed E-state index contributed by atoms with van der Waals surface area (Å²) in [4.78, 5) is 2.53. The smallest absolute Gasteiger partial charge is 0.0399 e. The normalized spacial score (nSPS) is 19.5. The fraction of sp³-hybridized carbons (Fsp3) is 0.600. The Labute approximate surface area is 119 Å². The van der Waals surface area contributed by atoms with Crippen molar-refractivity contribution in [3.8, 4) is 0 Å². The number of halogens is 1. The van der Waals surface area contributed by atoms with E-state index in [-0.39, 0.29) is 0 Å². The van der Waals surface area contributed by atoms with Gasteiger partial charge in [-0.2, -0.15) is 0 Å². The first kappa shape index (κ1) is 13.9. The highest BCUT2D eigenvalue weighted by Gasteiger charge is 2.23. The molecule has 3 heteroatoms. The third-order valence-electron chi connectivity index (χ3n) is 3.63. The number of hydrogen-bond donors (Lipinski definition) is 1. The highest BCUT2D eigenvalue weighted by molar-refractivity contribution is 9.10. The minimum Gasteiger partial charge on any atom is -0.370 e. The molecular weight excluding hydrogens is 288 g/mol.